The number of hydrogen-bond acceptors (Lipinski definition) is 2. The van der Waals surface area contributed by atoms with Gasteiger partial charge in [-0.3, -0.25) is 0 Å². The summed E-state index contributed by atoms with van der Waals surface area (Å²) in [6.45, 7) is 4.73. The van der Waals surface area contributed by atoms with Crippen molar-refractivity contribution < 1.29 is 4.74 Å². The van der Waals surface area contributed by atoms with Crippen molar-refractivity contribution in [3.05, 3.63) is 64.2 Å². The molecule has 1 atom stereocenters. The quantitative estimate of drug-likeness (QED) is 0.845. The molecule has 0 aliphatic rings. The van der Waals surface area contributed by atoms with Gasteiger partial charge < -0.3 is 10.1 Å². The molecule has 2 aromatic carbocycles. The minimum Gasteiger partial charge on any atom is -0.492 e. The predicted molar refractivity (Wildman–Crippen MR) is 89.3 cm³/mol. The van der Waals surface area contributed by atoms with Gasteiger partial charge in [-0.05, 0) is 55.3 Å². The summed E-state index contributed by atoms with van der Waals surface area (Å²) in [7, 11) is 1.95. The number of hydrogen-bond donors (Lipinski definition) is 1. The molecule has 0 fully saturated rings. The van der Waals surface area contributed by atoms with Crippen molar-refractivity contribution >= 4 is 11.6 Å². The molecule has 3 heteroatoms. The fraction of sp³-hybridized carbons (Fsp3) is 0.333. The molecule has 1 unspecified atom stereocenters. The normalized spacial score (nSPS) is 12.2. The SMILES string of the molecule is CCc1ccc(C(COc2ccc(Cl)c(C)c2)NC)cc1. The summed E-state index contributed by atoms with van der Waals surface area (Å²) >= 11 is 6.03. The van der Waals surface area contributed by atoms with Crippen LogP contribution in [0.2, 0.25) is 5.02 Å². The second-order valence-electron chi connectivity index (χ2n) is 5.16. The molecule has 0 spiro atoms. The number of ether oxygens (including phenoxy) is 1. The van der Waals surface area contributed by atoms with E-state index in [4.69, 9.17) is 16.3 Å². The lowest BCUT2D eigenvalue weighted by Crippen LogP contribution is -2.23. The van der Waals surface area contributed by atoms with Crippen molar-refractivity contribution in [1.29, 1.82) is 0 Å². The minimum atomic E-state index is 0.173. The zero-order valence-corrected chi connectivity index (χ0v) is 13.6. The maximum absolute atomic E-state index is 6.03. The lowest BCUT2D eigenvalue weighted by atomic mass is 10.0. The van der Waals surface area contributed by atoms with Gasteiger partial charge in [-0.1, -0.05) is 42.8 Å². The van der Waals surface area contributed by atoms with Crippen LogP contribution in [0, 0.1) is 6.92 Å². The molecule has 0 aliphatic carbocycles. The maximum Gasteiger partial charge on any atom is 0.119 e. The molecular formula is C18H22ClNO. The van der Waals surface area contributed by atoms with E-state index in [0.717, 1.165) is 22.8 Å². The van der Waals surface area contributed by atoms with E-state index in [1.807, 2.05) is 32.2 Å². The lowest BCUT2D eigenvalue weighted by Gasteiger charge is -2.18. The van der Waals surface area contributed by atoms with Crippen LogP contribution in [0.15, 0.2) is 42.5 Å². The zero-order chi connectivity index (χ0) is 15.2. The molecule has 0 saturated carbocycles. The number of halogens is 1. The molecule has 112 valence electrons. The Bertz CT molecular complexity index is 580. The van der Waals surface area contributed by atoms with E-state index in [-0.39, 0.29) is 6.04 Å². The van der Waals surface area contributed by atoms with E-state index < -0.39 is 0 Å². The second-order valence-corrected chi connectivity index (χ2v) is 5.57. The highest BCUT2D eigenvalue weighted by molar-refractivity contribution is 6.31. The smallest absolute Gasteiger partial charge is 0.119 e. The third kappa shape index (κ3) is 4.23. The molecule has 1 N–H and O–H groups in total. The van der Waals surface area contributed by atoms with E-state index in [1.165, 1.54) is 11.1 Å². The number of nitrogens with one attached hydrogen (secondary N) is 1. The van der Waals surface area contributed by atoms with Crippen molar-refractivity contribution in [3.63, 3.8) is 0 Å². The Morgan fingerprint density at radius 3 is 2.43 bits per heavy atom. The Morgan fingerprint density at radius 1 is 1.14 bits per heavy atom. The molecule has 21 heavy (non-hydrogen) atoms. The van der Waals surface area contributed by atoms with Gasteiger partial charge in [0.15, 0.2) is 0 Å². The van der Waals surface area contributed by atoms with E-state index in [1.54, 1.807) is 0 Å². The first-order chi connectivity index (χ1) is 10.1. The Labute approximate surface area is 132 Å². The number of likely N-dealkylation sites (N-methyl/N-ethyl adjacent to an activating group) is 1. The summed E-state index contributed by atoms with van der Waals surface area (Å²) in [6, 6.07) is 14.6. The summed E-state index contributed by atoms with van der Waals surface area (Å²) in [5, 5.41) is 4.07. The molecule has 0 saturated heterocycles. The molecule has 2 aromatic rings. The number of rotatable bonds is 6. The monoisotopic (exact) mass is 303 g/mol. The van der Waals surface area contributed by atoms with Crippen molar-refractivity contribution in [2.45, 2.75) is 26.3 Å². The third-order valence-corrected chi connectivity index (χ3v) is 4.11. The first kappa shape index (κ1) is 15.9. The molecule has 0 heterocycles. The molecule has 0 bridgehead atoms. The van der Waals surface area contributed by atoms with E-state index in [0.29, 0.717) is 6.61 Å². The number of aryl methyl sites for hydroxylation is 2. The van der Waals surface area contributed by atoms with Crippen molar-refractivity contribution in [2.24, 2.45) is 0 Å². The topological polar surface area (TPSA) is 21.3 Å². The van der Waals surface area contributed by atoms with Crippen LogP contribution in [0.3, 0.4) is 0 Å². The van der Waals surface area contributed by atoms with Gasteiger partial charge in [0.05, 0.1) is 6.04 Å². The average molecular weight is 304 g/mol. The van der Waals surface area contributed by atoms with Crippen LogP contribution in [-0.2, 0) is 6.42 Å². The Morgan fingerprint density at radius 2 is 1.86 bits per heavy atom. The van der Waals surface area contributed by atoms with E-state index >= 15 is 0 Å². The van der Waals surface area contributed by atoms with Crippen molar-refractivity contribution in [1.82, 2.24) is 5.32 Å². The molecule has 0 amide bonds. The molecule has 2 nitrogen and oxygen atoms in total. The molecule has 0 radical (unpaired) electrons. The summed E-state index contributed by atoms with van der Waals surface area (Å²) in [4.78, 5) is 0. The van der Waals surface area contributed by atoms with Crippen LogP contribution in [0.5, 0.6) is 5.75 Å². The van der Waals surface area contributed by atoms with Gasteiger partial charge in [0, 0.05) is 5.02 Å². The van der Waals surface area contributed by atoms with Crippen LogP contribution in [0.4, 0.5) is 0 Å². The van der Waals surface area contributed by atoms with E-state index in [2.05, 4.69) is 36.5 Å². The first-order valence-corrected chi connectivity index (χ1v) is 7.67. The lowest BCUT2D eigenvalue weighted by molar-refractivity contribution is 0.273. The van der Waals surface area contributed by atoms with Gasteiger partial charge in [0.2, 0.25) is 0 Å². The van der Waals surface area contributed by atoms with Crippen LogP contribution in [0.25, 0.3) is 0 Å². The summed E-state index contributed by atoms with van der Waals surface area (Å²) in [5.41, 5.74) is 3.62. The fourth-order valence-corrected chi connectivity index (χ4v) is 2.34. The number of benzene rings is 2. The second kappa shape index (κ2) is 7.48. The Kier molecular flexibility index (Phi) is 5.66. The van der Waals surface area contributed by atoms with Crippen LogP contribution in [0.1, 0.15) is 29.7 Å². The van der Waals surface area contributed by atoms with Crippen LogP contribution < -0.4 is 10.1 Å². The molecular weight excluding hydrogens is 282 g/mol. The molecule has 0 aromatic heterocycles. The standard InChI is InChI=1S/C18H22ClNO/c1-4-14-5-7-15(8-6-14)18(20-3)12-21-16-9-10-17(19)13(2)11-16/h5-11,18,20H,4,12H2,1-3H3. The maximum atomic E-state index is 6.03. The van der Waals surface area contributed by atoms with Crippen molar-refractivity contribution in [2.75, 3.05) is 13.7 Å². The molecule has 0 aliphatic heterocycles. The highest BCUT2D eigenvalue weighted by Gasteiger charge is 2.10. The van der Waals surface area contributed by atoms with Gasteiger partial charge in [-0.2, -0.15) is 0 Å². The first-order valence-electron chi connectivity index (χ1n) is 7.29. The van der Waals surface area contributed by atoms with Crippen molar-refractivity contribution in [3.8, 4) is 5.75 Å². The van der Waals surface area contributed by atoms with Gasteiger partial charge in [0.1, 0.15) is 12.4 Å². The predicted octanol–water partition coefficient (Wildman–Crippen LogP) is 4.55. The Hall–Kier alpha value is -1.51. The minimum absolute atomic E-state index is 0.173. The summed E-state index contributed by atoms with van der Waals surface area (Å²) < 4.78 is 5.88. The highest BCUT2D eigenvalue weighted by atomic mass is 35.5. The van der Waals surface area contributed by atoms with E-state index in [9.17, 15) is 0 Å². The third-order valence-electron chi connectivity index (χ3n) is 3.68. The van der Waals surface area contributed by atoms with Gasteiger partial charge >= 0.3 is 0 Å². The zero-order valence-electron chi connectivity index (χ0n) is 12.8. The Balaban J connectivity index is 2.02. The van der Waals surface area contributed by atoms with Crippen LogP contribution in [-0.4, -0.2) is 13.7 Å². The highest BCUT2D eigenvalue weighted by Crippen LogP contribution is 2.22. The van der Waals surface area contributed by atoms with Gasteiger partial charge in [0.25, 0.3) is 0 Å². The summed E-state index contributed by atoms with van der Waals surface area (Å²) in [6.07, 6.45) is 1.06. The van der Waals surface area contributed by atoms with Gasteiger partial charge in [-0.15, -0.1) is 0 Å². The van der Waals surface area contributed by atoms with Crippen LogP contribution >= 0.6 is 11.6 Å². The largest absolute Gasteiger partial charge is 0.492 e. The fourth-order valence-electron chi connectivity index (χ4n) is 2.22. The van der Waals surface area contributed by atoms with Gasteiger partial charge in [-0.25, -0.2) is 0 Å². The molecule has 2 rings (SSSR count). The summed E-state index contributed by atoms with van der Waals surface area (Å²) in [5.74, 6) is 0.849. The average Bonchev–Trinajstić information content (AvgIpc) is 2.52.